The fourth-order valence-corrected chi connectivity index (χ4v) is 5.07. The number of nitrogens with zero attached hydrogens (tertiary/aromatic N) is 2. The molecule has 5 aromatic rings. The van der Waals surface area contributed by atoms with Crippen LogP contribution in [0.1, 0.15) is 15.9 Å². The molecule has 2 heterocycles. The van der Waals surface area contributed by atoms with Crippen LogP contribution in [0.5, 0.6) is 11.5 Å². The molecule has 6 rings (SSSR count). The van der Waals surface area contributed by atoms with Crippen LogP contribution in [0, 0.1) is 0 Å². The average Bonchev–Trinajstić information content (AvgIpc) is 3.62. The van der Waals surface area contributed by atoms with Gasteiger partial charge in [0.1, 0.15) is 11.0 Å². The number of nitrogens with one attached hydrogen (secondary N) is 2. The lowest BCUT2D eigenvalue weighted by molar-refractivity contribution is -0.118. The topological polar surface area (TPSA) is 102 Å². The zero-order chi connectivity index (χ0) is 25.9. The number of carbonyl (C=O) groups is 2. The van der Waals surface area contributed by atoms with E-state index in [2.05, 4.69) is 20.8 Å². The molecule has 1 unspecified atom stereocenters. The van der Waals surface area contributed by atoms with Crippen LogP contribution < -0.4 is 20.1 Å². The second-order valence-corrected chi connectivity index (χ2v) is 9.69. The summed E-state index contributed by atoms with van der Waals surface area (Å²) in [5.74, 6) is 0.617. The van der Waals surface area contributed by atoms with Crippen molar-refractivity contribution in [2.75, 3.05) is 12.1 Å². The molecule has 0 saturated heterocycles. The molecule has 0 bridgehead atoms. The molecule has 38 heavy (non-hydrogen) atoms. The standard InChI is InChI=1S/C29H22N4O4S/c34-26(22-12-6-10-19-9-4-5-11-21(19)22)30-23(15-18-7-2-1-3-8-18)27(35)31-29-33-32-28(38-29)20-13-14-24-25(16-20)37-17-36-24/h1-14,16,23H,15,17H2,(H,30,34)(H,31,33,35). The fourth-order valence-electron chi connectivity index (χ4n) is 4.33. The maximum atomic E-state index is 13.4. The van der Waals surface area contributed by atoms with E-state index in [0.29, 0.717) is 33.6 Å². The Kier molecular flexibility index (Phi) is 6.41. The summed E-state index contributed by atoms with van der Waals surface area (Å²) in [7, 11) is 0. The Morgan fingerprint density at radius 3 is 2.55 bits per heavy atom. The lowest BCUT2D eigenvalue weighted by Crippen LogP contribution is -2.45. The predicted molar refractivity (Wildman–Crippen MR) is 145 cm³/mol. The number of aromatic nitrogens is 2. The van der Waals surface area contributed by atoms with Crippen molar-refractivity contribution in [3.8, 4) is 22.1 Å². The van der Waals surface area contributed by atoms with Gasteiger partial charge in [-0.3, -0.25) is 14.9 Å². The highest BCUT2D eigenvalue weighted by Gasteiger charge is 2.24. The van der Waals surface area contributed by atoms with Gasteiger partial charge in [-0.05, 0) is 40.6 Å². The molecule has 0 fully saturated rings. The molecule has 0 saturated carbocycles. The lowest BCUT2D eigenvalue weighted by Gasteiger charge is -2.18. The Bertz CT molecular complexity index is 1630. The summed E-state index contributed by atoms with van der Waals surface area (Å²) in [6.07, 6.45) is 0.316. The average molecular weight is 523 g/mol. The van der Waals surface area contributed by atoms with Gasteiger partial charge in [0.15, 0.2) is 11.5 Å². The minimum absolute atomic E-state index is 0.184. The second kappa shape index (κ2) is 10.3. The molecule has 4 aromatic carbocycles. The number of ether oxygens (including phenoxy) is 2. The predicted octanol–water partition coefficient (Wildman–Crippen LogP) is 5.07. The summed E-state index contributed by atoms with van der Waals surface area (Å²) in [6.45, 7) is 0.184. The molecule has 1 aliphatic rings. The van der Waals surface area contributed by atoms with Gasteiger partial charge < -0.3 is 14.8 Å². The molecule has 8 nitrogen and oxygen atoms in total. The SMILES string of the molecule is O=C(NC(Cc1ccccc1)C(=O)Nc1nnc(-c2ccc3c(c2)OCO3)s1)c1cccc2ccccc12. The highest BCUT2D eigenvalue weighted by molar-refractivity contribution is 7.18. The van der Waals surface area contributed by atoms with E-state index in [4.69, 9.17) is 9.47 Å². The Morgan fingerprint density at radius 2 is 1.66 bits per heavy atom. The van der Waals surface area contributed by atoms with E-state index in [1.807, 2.05) is 84.9 Å². The van der Waals surface area contributed by atoms with Crippen LogP contribution in [0.3, 0.4) is 0 Å². The van der Waals surface area contributed by atoms with Gasteiger partial charge in [0.2, 0.25) is 17.8 Å². The van der Waals surface area contributed by atoms with Crippen LogP contribution in [-0.4, -0.2) is 34.8 Å². The van der Waals surface area contributed by atoms with Gasteiger partial charge in [0.05, 0.1) is 0 Å². The summed E-state index contributed by atoms with van der Waals surface area (Å²) >= 11 is 1.24. The maximum Gasteiger partial charge on any atom is 0.252 e. The van der Waals surface area contributed by atoms with Gasteiger partial charge in [0, 0.05) is 17.5 Å². The van der Waals surface area contributed by atoms with Crippen LogP contribution >= 0.6 is 11.3 Å². The van der Waals surface area contributed by atoms with E-state index >= 15 is 0 Å². The van der Waals surface area contributed by atoms with Gasteiger partial charge in [-0.1, -0.05) is 78.1 Å². The molecule has 2 amide bonds. The first-order chi connectivity index (χ1) is 18.6. The largest absolute Gasteiger partial charge is 0.454 e. The monoisotopic (exact) mass is 522 g/mol. The van der Waals surface area contributed by atoms with Crippen molar-refractivity contribution < 1.29 is 19.1 Å². The molecule has 0 radical (unpaired) electrons. The molecular weight excluding hydrogens is 500 g/mol. The Hall–Kier alpha value is -4.76. The summed E-state index contributed by atoms with van der Waals surface area (Å²) < 4.78 is 10.8. The Labute approximate surface area is 222 Å². The van der Waals surface area contributed by atoms with Crippen molar-refractivity contribution in [3.63, 3.8) is 0 Å². The summed E-state index contributed by atoms with van der Waals surface area (Å²) in [4.78, 5) is 26.8. The zero-order valence-electron chi connectivity index (χ0n) is 20.1. The van der Waals surface area contributed by atoms with E-state index in [1.165, 1.54) is 11.3 Å². The number of fused-ring (bicyclic) bond motifs is 2. The first kappa shape index (κ1) is 23.6. The van der Waals surface area contributed by atoms with Crippen LogP contribution in [0.2, 0.25) is 0 Å². The van der Waals surface area contributed by atoms with Crippen LogP contribution in [-0.2, 0) is 11.2 Å². The van der Waals surface area contributed by atoms with E-state index in [-0.39, 0.29) is 18.6 Å². The number of rotatable bonds is 7. The van der Waals surface area contributed by atoms with Crippen molar-refractivity contribution in [2.45, 2.75) is 12.5 Å². The number of benzene rings is 4. The third kappa shape index (κ3) is 4.91. The van der Waals surface area contributed by atoms with E-state index in [9.17, 15) is 9.59 Å². The normalized spacial score (nSPS) is 12.7. The summed E-state index contributed by atoms with van der Waals surface area (Å²) in [5.41, 5.74) is 2.23. The lowest BCUT2D eigenvalue weighted by atomic mass is 10.0. The first-order valence-corrected chi connectivity index (χ1v) is 12.8. The molecule has 1 aromatic heterocycles. The number of anilines is 1. The number of hydrogen-bond acceptors (Lipinski definition) is 7. The van der Waals surface area contributed by atoms with Crippen molar-refractivity contribution in [2.24, 2.45) is 0 Å². The molecular formula is C29H22N4O4S. The minimum atomic E-state index is -0.832. The third-order valence-electron chi connectivity index (χ3n) is 6.21. The van der Waals surface area contributed by atoms with Gasteiger partial charge >= 0.3 is 0 Å². The molecule has 188 valence electrons. The fraction of sp³-hybridized carbons (Fsp3) is 0.103. The van der Waals surface area contributed by atoms with Gasteiger partial charge in [-0.15, -0.1) is 10.2 Å². The van der Waals surface area contributed by atoms with Gasteiger partial charge in [-0.25, -0.2) is 0 Å². The van der Waals surface area contributed by atoms with E-state index in [1.54, 1.807) is 6.07 Å². The smallest absolute Gasteiger partial charge is 0.252 e. The zero-order valence-corrected chi connectivity index (χ0v) is 20.9. The quantitative estimate of drug-likeness (QED) is 0.310. The van der Waals surface area contributed by atoms with Crippen molar-refractivity contribution in [1.29, 1.82) is 0 Å². The van der Waals surface area contributed by atoms with Crippen molar-refractivity contribution in [1.82, 2.24) is 15.5 Å². The van der Waals surface area contributed by atoms with Crippen LogP contribution in [0.4, 0.5) is 5.13 Å². The summed E-state index contributed by atoms with van der Waals surface area (Å²) in [5, 5.41) is 16.9. The molecule has 0 aliphatic carbocycles. The number of carbonyl (C=O) groups excluding carboxylic acids is 2. The number of amides is 2. The second-order valence-electron chi connectivity index (χ2n) is 8.71. The van der Waals surface area contributed by atoms with E-state index in [0.717, 1.165) is 21.9 Å². The molecule has 2 N–H and O–H groups in total. The molecule has 1 aliphatic heterocycles. The van der Waals surface area contributed by atoms with Gasteiger partial charge in [0.25, 0.3) is 5.91 Å². The Balaban J connectivity index is 1.23. The van der Waals surface area contributed by atoms with Crippen molar-refractivity contribution >= 4 is 39.1 Å². The Morgan fingerprint density at radius 1 is 0.868 bits per heavy atom. The first-order valence-electron chi connectivity index (χ1n) is 12.0. The molecule has 0 spiro atoms. The van der Waals surface area contributed by atoms with Crippen molar-refractivity contribution in [3.05, 3.63) is 102 Å². The molecule has 1 atom stereocenters. The summed E-state index contributed by atoms with van der Waals surface area (Å²) in [6, 6.07) is 27.5. The van der Waals surface area contributed by atoms with Gasteiger partial charge in [-0.2, -0.15) is 0 Å². The maximum absolute atomic E-state index is 13.4. The van der Waals surface area contributed by atoms with Crippen LogP contribution in [0.15, 0.2) is 91.0 Å². The van der Waals surface area contributed by atoms with Crippen LogP contribution in [0.25, 0.3) is 21.3 Å². The number of hydrogen-bond donors (Lipinski definition) is 2. The highest BCUT2D eigenvalue weighted by atomic mass is 32.1. The highest BCUT2D eigenvalue weighted by Crippen LogP contribution is 2.37. The third-order valence-corrected chi connectivity index (χ3v) is 7.10. The van der Waals surface area contributed by atoms with E-state index < -0.39 is 6.04 Å². The minimum Gasteiger partial charge on any atom is -0.454 e. The molecule has 9 heteroatoms.